The molecule has 128 valence electrons. The number of aromatic nitrogens is 3. The van der Waals surface area contributed by atoms with Crippen LogP contribution in [0.5, 0.6) is 0 Å². The van der Waals surface area contributed by atoms with Crippen LogP contribution in [-0.2, 0) is 17.8 Å². The van der Waals surface area contributed by atoms with Gasteiger partial charge < -0.3 is 15.4 Å². The maximum absolute atomic E-state index is 11.7. The third-order valence-corrected chi connectivity index (χ3v) is 4.04. The number of hydrogen-bond donors (Lipinski definition) is 2. The van der Waals surface area contributed by atoms with E-state index >= 15 is 0 Å². The summed E-state index contributed by atoms with van der Waals surface area (Å²) in [6.07, 6.45) is 5.40. The average molecular weight is 336 g/mol. The molecule has 3 N–H and O–H groups in total. The van der Waals surface area contributed by atoms with Gasteiger partial charge in [-0.3, -0.25) is 4.79 Å². The molecule has 0 spiro atoms. The van der Waals surface area contributed by atoms with Crippen LogP contribution in [0.3, 0.4) is 0 Å². The van der Waals surface area contributed by atoms with Gasteiger partial charge in [-0.2, -0.15) is 0 Å². The number of carbonyl (C=O) groups is 1. The normalized spacial score (nSPS) is 12.0. The first-order valence-electron chi connectivity index (χ1n) is 8.01. The van der Waals surface area contributed by atoms with Crippen molar-refractivity contribution in [2.24, 2.45) is 0 Å². The van der Waals surface area contributed by atoms with Gasteiger partial charge in [0.25, 0.3) is 0 Å². The summed E-state index contributed by atoms with van der Waals surface area (Å²) in [5, 5.41) is 9.58. The zero-order valence-corrected chi connectivity index (χ0v) is 14.0. The number of imidazole rings is 1. The fraction of sp³-hybridized carbons (Fsp3) is 0.211. The van der Waals surface area contributed by atoms with E-state index < -0.39 is 11.9 Å². The zero-order valence-electron chi connectivity index (χ0n) is 14.0. The number of anilines is 1. The van der Waals surface area contributed by atoms with Crippen LogP contribution in [0.1, 0.15) is 28.3 Å². The van der Waals surface area contributed by atoms with Gasteiger partial charge >= 0.3 is 5.97 Å². The lowest BCUT2D eigenvalue weighted by Crippen LogP contribution is -2.15. The summed E-state index contributed by atoms with van der Waals surface area (Å²) in [6.45, 7) is 2.70. The highest BCUT2D eigenvalue weighted by atomic mass is 16.4. The molecule has 1 unspecified atom stereocenters. The van der Waals surface area contributed by atoms with Gasteiger partial charge in [-0.25, -0.2) is 9.97 Å². The molecule has 0 aliphatic carbocycles. The summed E-state index contributed by atoms with van der Waals surface area (Å²) >= 11 is 0. The Balaban J connectivity index is 1.77. The number of carboxylic acids is 1. The topological polar surface area (TPSA) is 94.0 Å². The highest BCUT2D eigenvalue weighted by Crippen LogP contribution is 2.20. The second-order valence-electron chi connectivity index (χ2n) is 6.15. The second-order valence-corrected chi connectivity index (χ2v) is 6.15. The van der Waals surface area contributed by atoms with Crippen molar-refractivity contribution in [2.75, 3.05) is 5.73 Å². The van der Waals surface area contributed by atoms with Crippen LogP contribution in [0.4, 0.5) is 5.82 Å². The molecule has 0 amide bonds. The molecule has 0 saturated heterocycles. The molecular formula is C19H20N4O2. The molecule has 6 nitrogen and oxygen atoms in total. The Labute approximate surface area is 146 Å². The van der Waals surface area contributed by atoms with Crippen molar-refractivity contribution < 1.29 is 9.90 Å². The van der Waals surface area contributed by atoms with Crippen molar-refractivity contribution in [3.8, 4) is 0 Å². The van der Waals surface area contributed by atoms with Crippen molar-refractivity contribution in [1.29, 1.82) is 0 Å². The fourth-order valence-electron chi connectivity index (χ4n) is 2.78. The molecule has 0 fully saturated rings. The standard InChI is InChI=1S/C19H20N4O2/c1-13-3-2-4-15(7-13)10-23-11-17(22-12-23)16(19(24)25)8-14-5-6-18(20)21-9-14/h2-7,9,11-12,16H,8,10H2,1H3,(H2,20,21)(H,24,25). The first-order valence-corrected chi connectivity index (χ1v) is 8.01. The zero-order chi connectivity index (χ0) is 17.8. The Morgan fingerprint density at radius 3 is 2.76 bits per heavy atom. The third-order valence-electron chi connectivity index (χ3n) is 4.04. The van der Waals surface area contributed by atoms with E-state index in [1.807, 2.05) is 29.7 Å². The smallest absolute Gasteiger partial charge is 0.312 e. The quantitative estimate of drug-likeness (QED) is 0.721. The van der Waals surface area contributed by atoms with E-state index in [-0.39, 0.29) is 0 Å². The highest BCUT2D eigenvalue weighted by molar-refractivity contribution is 5.75. The molecule has 0 aliphatic rings. The van der Waals surface area contributed by atoms with Crippen LogP contribution in [-0.4, -0.2) is 25.6 Å². The number of nitrogens with two attached hydrogens (primary N) is 1. The molecule has 2 aromatic heterocycles. The molecule has 3 rings (SSSR count). The number of nitrogen functional groups attached to an aromatic ring is 1. The monoisotopic (exact) mass is 336 g/mol. The molecule has 1 atom stereocenters. The number of pyridine rings is 1. The minimum atomic E-state index is -0.905. The number of hydrogen-bond acceptors (Lipinski definition) is 4. The van der Waals surface area contributed by atoms with Crippen molar-refractivity contribution in [1.82, 2.24) is 14.5 Å². The van der Waals surface area contributed by atoms with Crippen LogP contribution >= 0.6 is 0 Å². The van der Waals surface area contributed by atoms with E-state index in [0.29, 0.717) is 24.5 Å². The lowest BCUT2D eigenvalue weighted by atomic mass is 9.98. The third kappa shape index (κ3) is 4.23. The van der Waals surface area contributed by atoms with Gasteiger partial charge in [0.15, 0.2) is 0 Å². The maximum Gasteiger partial charge on any atom is 0.312 e. The Kier molecular flexibility index (Phi) is 4.79. The fourth-order valence-corrected chi connectivity index (χ4v) is 2.78. The number of nitrogens with zero attached hydrogens (tertiary/aromatic N) is 3. The van der Waals surface area contributed by atoms with E-state index in [1.54, 1.807) is 30.9 Å². The number of benzene rings is 1. The van der Waals surface area contributed by atoms with E-state index in [4.69, 9.17) is 5.73 Å². The summed E-state index contributed by atoms with van der Waals surface area (Å²) in [6, 6.07) is 11.7. The number of carboxylic acid groups (broad SMARTS) is 1. The molecule has 0 radical (unpaired) electrons. The molecule has 1 aromatic carbocycles. The number of aryl methyl sites for hydroxylation is 1. The minimum Gasteiger partial charge on any atom is -0.481 e. The van der Waals surface area contributed by atoms with Crippen molar-refractivity contribution in [3.05, 3.63) is 77.5 Å². The summed E-state index contributed by atoms with van der Waals surface area (Å²) in [5.41, 5.74) is 9.27. The Morgan fingerprint density at radius 1 is 1.24 bits per heavy atom. The average Bonchev–Trinajstić information content (AvgIpc) is 3.02. The molecule has 25 heavy (non-hydrogen) atoms. The number of rotatable bonds is 6. The minimum absolute atomic E-state index is 0.323. The Bertz CT molecular complexity index is 871. The molecule has 2 heterocycles. The number of aliphatic carboxylic acids is 1. The lowest BCUT2D eigenvalue weighted by Gasteiger charge is -2.10. The van der Waals surface area contributed by atoms with Crippen LogP contribution in [0.15, 0.2) is 55.1 Å². The second kappa shape index (κ2) is 7.17. The summed E-state index contributed by atoms with van der Waals surface area (Å²) in [5.74, 6) is -1.21. The first-order chi connectivity index (χ1) is 12.0. The molecule has 6 heteroatoms. The lowest BCUT2D eigenvalue weighted by molar-refractivity contribution is -0.138. The van der Waals surface area contributed by atoms with Gasteiger partial charge in [0.05, 0.1) is 12.0 Å². The van der Waals surface area contributed by atoms with Crippen molar-refractivity contribution in [3.63, 3.8) is 0 Å². The van der Waals surface area contributed by atoms with Crippen molar-refractivity contribution >= 4 is 11.8 Å². The van der Waals surface area contributed by atoms with Crippen LogP contribution in [0.25, 0.3) is 0 Å². The summed E-state index contributed by atoms with van der Waals surface area (Å²) < 4.78 is 1.90. The molecular weight excluding hydrogens is 316 g/mol. The summed E-state index contributed by atoms with van der Waals surface area (Å²) in [4.78, 5) is 20.0. The van der Waals surface area contributed by atoms with Gasteiger partial charge in [0, 0.05) is 18.9 Å². The molecule has 0 aliphatic heterocycles. The van der Waals surface area contributed by atoms with Crippen LogP contribution in [0.2, 0.25) is 0 Å². The SMILES string of the molecule is Cc1cccc(Cn2cnc(C(Cc3ccc(N)nc3)C(=O)O)c2)c1. The maximum atomic E-state index is 11.7. The first kappa shape index (κ1) is 16.7. The largest absolute Gasteiger partial charge is 0.481 e. The Hall–Kier alpha value is -3.15. The van der Waals surface area contributed by atoms with E-state index in [2.05, 4.69) is 16.0 Å². The van der Waals surface area contributed by atoms with Gasteiger partial charge in [-0.05, 0) is 30.5 Å². The predicted octanol–water partition coefficient (Wildman–Crippen LogP) is 2.63. The van der Waals surface area contributed by atoms with Crippen LogP contribution < -0.4 is 5.73 Å². The van der Waals surface area contributed by atoms with Gasteiger partial charge in [-0.1, -0.05) is 35.9 Å². The predicted molar refractivity (Wildman–Crippen MR) is 95.2 cm³/mol. The highest BCUT2D eigenvalue weighted by Gasteiger charge is 2.23. The van der Waals surface area contributed by atoms with Gasteiger partial charge in [-0.15, -0.1) is 0 Å². The molecule has 0 bridgehead atoms. The van der Waals surface area contributed by atoms with Crippen LogP contribution in [0, 0.1) is 6.92 Å². The van der Waals surface area contributed by atoms with Gasteiger partial charge in [0.2, 0.25) is 0 Å². The molecule has 0 saturated carbocycles. The van der Waals surface area contributed by atoms with Gasteiger partial charge in [0.1, 0.15) is 11.7 Å². The molecule has 3 aromatic rings. The van der Waals surface area contributed by atoms with E-state index in [0.717, 1.165) is 11.1 Å². The van der Waals surface area contributed by atoms with E-state index in [1.165, 1.54) is 5.56 Å². The summed E-state index contributed by atoms with van der Waals surface area (Å²) in [7, 11) is 0. The Morgan fingerprint density at radius 2 is 2.08 bits per heavy atom. The van der Waals surface area contributed by atoms with Crippen molar-refractivity contribution in [2.45, 2.75) is 25.8 Å². The van der Waals surface area contributed by atoms with E-state index in [9.17, 15) is 9.90 Å².